The van der Waals surface area contributed by atoms with Gasteiger partial charge in [0.15, 0.2) is 6.10 Å². The summed E-state index contributed by atoms with van der Waals surface area (Å²) in [6.45, 7) is 6.58. The molecule has 6 nitrogen and oxygen atoms in total. The van der Waals surface area contributed by atoms with Crippen LogP contribution in [0, 0.1) is 0 Å². The van der Waals surface area contributed by atoms with Crippen molar-refractivity contribution in [3.8, 4) is 0 Å². The smallest absolute Gasteiger partial charge is 0.306 e. The van der Waals surface area contributed by atoms with E-state index in [2.05, 4.69) is 93.7 Å². The molecule has 0 aromatic heterocycles. The number of hydrogen-bond donors (Lipinski definition) is 0. The first-order valence-electron chi connectivity index (χ1n) is 36.4. The molecular weight excluding hydrogens is 1020 g/mol. The van der Waals surface area contributed by atoms with E-state index in [4.69, 9.17) is 14.2 Å². The van der Waals surface area contributed by atoms with Crippen LogP contribution in [-0.2, 0) is 28.6 Å². The molecule has 1 unspecified atom stereocenters. The number of ether oxygens (including phenoxy) is 3. The molecule has 83 heavy (non-hydrogen) atoms. The number of carbonyl (C=O) groups excluding carboxylic acids is 3. The van der Waals surface area contributed by atoms with Gasteiger partial charge in [0.1, 0.15) is 13.2 Å². The summed E-state index contributed by atoms with van der Waals surface area (Å²) in [7, 11) is 0. The summed E-state index contributed by atoms with van der Waals surface area (Å²) in [6, 6.07) is 0. The summed E-state index contributed by atoms with van der Waals surface area (Å²) < 4.78 is 17.0. The highest BCUT2D eigenvalue weighted by molar-refractivity contribution is 5.71. The Morgan fingerprint density at radius 1 is 0.253 bits per heavy atom. The SMILES string of the molecule is CC/C=C\C/C=C\C/C=C\C/C=C\CCCCCCCCCCCCCCCCCCC(=O)OCC(COC(=O)CCCCCCCCC/C=C\CCCCCCCC)OC(=O)CCCCCCCCCCC/C=C\CCCCCCCC. The lowest BCUT2D eigenvalue weighted by Crippen LogP contribution is -2.30. The highest BCUT2D eigenvalue weighted by Crippen LogP contribution is 2.18. The van der Waals surface area contributed by atoms with Crippen LogP contribution >= 0.6 is 0 Å². The van der Waals surface area contributed by atoms with Gasteiger partial charge in [-0.05, 0) is 109 Å². The number of unbranched alkanes of at least 4 members (excludes halogenated alkanes) is 44. The van der Waals surface area contributed by atoms with Crippen molar-refractivity contribution >= 4 is 17.9 Å². The third-order valence-corrected chi connectivity index (χ3v) is 16.2. The van der Waals surface area contributed by atoms with Crippen molar-refractivity contribution in [2.45, 2.75) is 386 Å². The van der Waals surface area contributed by atoms with Gasteiger partial charge in [-0.25, -0.2) is 0 Å². The molecule has 482 valence electrons. The fraction of sp³-hybridized carbons (Fsp3) is 0.805. The van der Waals surface area contributed by atoms with Crippen LogP contribution in [-0.4, -0.2) is 37.2 Å². The van der Waals surface area contributed by atoms with E-state index in [0.29, 0.717) is 19.3 Å². The van der Waals surface area contributed by atoms with E-state index in [1.165, 1.54) is 257 Å². The lowest BCUT2D eigenvalue weighted by molar-refractivity contribution is -0.167. The molecule has 0 bridgehead atoms. The zero-order valence-electron chi connectivity index (χ0n) is 55.5. The minimum absolute atomic E-state index is 0.0734. The van der Waals surface area contributed by atoms with Crippen molar-refractivity contribution in [1.29, 1.82) is 0 Å². The van der Waals surface area contributed by atoms with Gasteiger partial charge < -0.3 is 14.2 Å². The summed E-state index contributed by atoms with van der Waals surface area (Å²) in [5.41, 5.74) is 0. The van der Waals surface area contributed by atoms with E-state index in [-0.39, 0.29) is 31.1 Å². The molecule has 0 radical (unpaired) electrons. The van der Waals surface area contributed by atoms with Gasteiger partial charge in [0.2, 0.25) is 0 Å². The Morgan fingerprint density at radius 2 is 0.470 bits per heavy atom. The van der Waals surface area contributed by atoms with Gasteiger partial charge >= 0.3 is 17.9 Å². The molecule has 0 N–H and O–H groups in total. The van der Waals surface area contributed by atoms with Crippen molar-refractivity contribution in [1.82, 2.24) is 0 Å². The second-order valence-electron chi connectivity index (χ2n) is 24.5. The van der Waals surface area contributed by atoms with Crippen LogP contribution in [0.25, 0.3) is 0 Å². The minimum atomic E-state index is -0.778. The molecule has 1 atom stereocenters. The van der Waals surface area contributed by atoms with Crippen LogP contribution in [0.1, 0.15) is 380 Å². The molecule has 0 aliphatic heterocycles. The van der Waals surface area contributed by atoms with Gasteiger partial charge in [0, 0.05) is 19.3 Å². The molecule has 0 aromatic carbocycles. The summed E-state index contributed by atoms with van der Waals surface area (Å²) in [5, 5.41) is 0. The summed E-state index contributed by atoms with van der Waals surface area (Å²) in [5.74, 6) is -0.856. The Balaban J connectivity index is 4.27. The number of hydrogen-bond acceptors (Lipinski definition) is 6. The molecule has 0 aliphatic rings. The number of rotatable bonds is 67. The van der Waals surface area contributed by atoms with Crippen LogP contribution in [0.15, 0.2) is 72.9 Å². The van der Waals surface area contributed by atoms with Crippen LogP contribution in [0.2, 0.25) is 0 Å². The normalized spacial score (nSPS) is 12.5. The molecule has 0 amide bonds. The monoisotopic (exact) mass is 1160 g/mol. The molecule has 0 saturated carbocycles. The van der Waals surface area contributed by atoms with Gasteiger partial charge in [-0.3, -0.25) is 14.4 Å². The molecule has 0 aliphatic carbocycles. The molecular formula is C77H138O6. The number of allylic oxidation sites excluding steroid dienone is 12. The van der Waals surface area contributed by atoms with Crippen LogP contribution in [0.4, 0.5) is 0 Å². The van der Waals surface area contributed by atoms with Gasteiger partial charge in [0.05, 0.1) is 0 Å². The van der Waals surface area contributed by atoms with Crippen molar-refractivity contribution in [2.75, 3.05) is 13.2 Å². The standard InChI is InChI=1S/C77H138O6/c1-4-7-10-13-16-19-22-25-28-31-33-34-35-36-37-38-39-40-41-42-44-46-49-52-55-58-61-64-67-70-76(79)82-73-74(72-81-75(78)69-66-63-60-57-54-51-48-45-30-27-24-21-18-15-12-9-6-3)83-77(80)71-68-65-62-59-56-53-50-47-43-32-29-26-23-20-17-14-11-8-5-2/h7,10,16,19,25-30,33-34,74H,4-6,8-9,11-15,17-18,20-24,31-32,35-73H2,1-3H3/b10-7-,19-16-,28-25-,29-26-,30-27-,34-33-. The molecule has 0 saturated heterocycles. The van der Waals surface area contributed by atoms with Crippen LogP contribution in [0.3, 0.4) is 0 Å². The van der Waals surface area contributed by atoms with Gasteiger partial charge in [-0.1, -0.05) is 325 Å². The first-order valence-corrected chi connectivity index (χ1v) is 36.4. The first kappa shape index (κ1) is 79.8. The van der Waals surface area contributed by atoms with E-state index in [0.717, 1.165) is 83.5 Å². The minimum Gasteiger partial charge on any atom is -0.462 e. The maximum absolute atomic E-state index is 13.0. The largest absolute Gasteiger partial charge is 0.462 e. The Morgan fingerprint density at radius 3 is 0.747 bits per heavy atom. The van der Waals surface area contributed by atoms with E-state index >= 15 is 0 Å². The first-order chi connectivity index (χ1) is 41.0. The number of esters is 3. The molecule has 0 rings (SSSR count). The second-order valence-corrected chi connectivity index (χ2v) is 24.5. The maximum Gasteiger partial charge on any atom is 0.306 e. The quantitative estimate of drug-likeness (QED) is 0.0261. The topological polar surface area (TPSA) is 78.9 Å². The lowest BCUT2D eigenvalue weighted by Gasteiger charge is -2.18. The van der Waals surface area contributed by atoms with Crippen molar-refractivity contribution < 1.29 is 28.6 Å². The Bertz CT molecular complexity index is 1520. The lowest BCUT2D eigenvalue weighted by atomic mass is 10.0. The molecule has 0 fully saturated rings. The van der Waals surface area contributed by atoms with Crippen LogP contribution in [0.5, 0.6) is 0 Å². The van der Waals surface area contributed by atoms with Gasteiger partial charge in [-0.15, -0.1) is 0 Å². The zero-order valence-corrected chi connectivity index (χ0v) is 55.5. The van der Waals surface area contributed by atoms with Crippen molar-refractivity contribution in [3.05, 3.63) is 72.9 Å². The average Bonchev–Trinajstić information content (AvgIpc) is 3.49. The average molecular weight is 1160 g/mol. The van der Waals surface area contributed by atoms with Crippen LogP contribution < -0.4 is 0 Å². The predicted octanol–water partition coefficient (Wildman–Crippen LogP) is 25.2. The summed E-state index contributed by atoms with van der Waals surface area (Å²) in [6.07, 6.45) is 93.6. The summed E-state index contributed by atoms with van der Waals surface area (Å²) in [4.78, 5) is 38.5. The highest BCUT2D eigenvalue weighted by Gasteiger charge is 2.19. The molecule has 0 heterocycles. The van der Waals surface area contributed by atoms with E-state index in [1.807, 2.05) is 0 Å². The highest BCUT2D eigenvalue weighted by atomic mass is 16.6. The predicted molar refractivity (Wildman–Crippen MR) is 362 cm³/mol. The van der Waals surface area contributed by atoms with E-state index < -0.39 is 6.10 Å². The fourth-order valence-corrected chi connectivity index (χ4v) is 10.7. The second kappa shape index (κ2) is 71.3. The van der Waals surface area contributed by atoms with Crippen molar-refractivity contribution in [3.63, 3.8) is 0 Å². The van der Waals surface area contributed by atoms with Crippen molar-refractivity contribution in [2.24, 2.45) is 0 Å². The molecule has 0 aromatic rings. The zero-order chi connectivity index (χ0) is 59.9. The summed E-state index contributed by atoms with van der Waals surface area (Å²) >= 11 is 0. The number of carbonyl (C=O) groups is 3. The Kier molecular flexibility index (Phi) is 68.6. The molecule has 0 spiro atoms. The third-order valence-electron chi connectivity index (χ3n) is 16.2. The Labute approximate surface area is 516 Å². The van der Waals surface area contributed by atoms with Gasteiger partial charge in [0.25, 0.3) is 0 Å². The fourth-order valence-electron chi connectivity index (χ4n) is 10.7. The third kappa shape index (κ3) is 69.5. The van der Waals surface area contributed by atoms with E-state index in [1.54, 1.807) is 0 Å². The maximum atomic E-state index is 13.0. The Hall–Kier alpha value is -3.15. The van der Waals surface area contributed by atoms with E-state index in [9.17, 15) is 14.4 Å². The molecule has 6 heteroatoms. The van der Waals surface area contributed by atoms with Gasteiger partial charge in [-0.2, -0.15) is 0 Å².